The maximum absolute atomic E-state index is 14.2. The van der Waals surface area contributed by atoms with Gasteiger partial charge in [-0.05, 0) is 71.1 Å². The summed E-state index contributed by atoms with van der Waals surface area (Å²) in [7, 11) is 0. The molecule has 2 aliphatic carbocycles. The maximum atomic E-state index is 14.2. The summed E-state index contributed by atoms with van der Waals surface area (Å²) in [5.74, 6) is 0.00131. The minimum absolute atomic E-state index is 0.00422. The van der Waals surface area contributed by atoms with Crippen LogP contribution in [-0.4, -0.2) is 56.9 Å². The predicted octanol–water partition coefficient (Wildman–Crippen LogP) is 7.14. The van der Waals surface area contributed by atoms with E-state index in [-0.39, 0.29) is 47.9 Å². The van der Waals surface area contributed by atoms with Gasteiger partial charge in [0.25, 0.3) is 5.91 Å². The minimum atomic E-state index is -0.895. The second-order valence-corrected chi connectivity index (χ2v) is 15.4. The monoisotopic (exact) mass is 643 g/mol. The van der Waals surface area contributed by atoms with E-state index in [1.807, 2.05) is 67.3 Å². The smallest absolute Gasteiger partial charge is 0.251 e. The van der Waals surface area contributed by atoms with Crippen LogP contribution in [0.2, 0.25) is 0 Å². The van der Waals surface area contributed by atoms with Gasteiger partial charge in [0.05, 0.1) is 29.1 Å². The van der Waals surface area contributed by atoms with E-state index in [2.05, 4.69) is 24.5 Å². The zero-order valence-corrected chi connectivity index (χ0v) is 29.0. The molecule has 47 heavy (non-hydrogen) atoms. The molecule has 0 bridgehead atoms. The van der Waals surface area contributed by atoms with Crippen LogP contribution in [0.1, 0.15) is 133 Å². The molecule has 256 valence electrons. The first kappa shape index (κ1) is 35.3. The van der Waals surface area contributed by atoms with Gasteiger partial charge in [-0.2, -0.15) is 0 Å². The Hall–Kier alpha value is -3.03. The quantitative estimate of drug-likeness (QED) is 0.226. The first-order valence-corrected chi connectivity index (χ1v) is 18.2. The van der Waals surface area contributed by atoms with Gasteiger partial charge in [0.15, 0.2) is 5.78 Å². The predicted molar refractivity (Wildman–Crippen MR) is 187 cm³/mol. The Balaban J connectivity index is 1.32. The molecule has 2 amide bonds. The summed E-state index contributed by atoms with van der Waals surface area (Å²) in [5.41, 5.74) is -0.157. The zero-order chi connectivity index (χ0) is 33.6. The number of fused-ring (bicyclic) bond motifs is 1. The van der Waals surface area contributed by atoms with Gasteiger partial charge in [-0.3, -0.25) is 14.4 Å². The highest BCUT2D eigenvalue weighted by Gasteiger charge is 2.56. The summed E-state index contributed by atoms with van der Waals surface area (Å²) in [5, 5.41) is 19.1. The van der Waals surface area contributed by atoms with Gasteiger partial charge in [-0.15, -0.1) is 0 Å². The molecular formula is C40H57N3O4. The van der Waals surface area contributed by atoms with Crippen molar-refractivity contribution in [2.24, 2.45) is 11.8 Å². The molecule has 0 radical (unpaired) electrons. The number of benzene rings is 2. The van der Waals surface area contributed by atoms with Crippen molar-refractivity contribution in [1.82, 2.24) is 15.5 Å². The summed E-state index contributed by atoms with van der Waals surface area (Å²) in [6, 6.07) is 18.4. The fourth-order valence-corrected chi connectivity index (χ4v) is 8.52. The van der Waals surface area contributed by atoms with Crippen LogP contribution in [0.4, 0.5) is 0 Å². The van der Waals surface area contributed by atoms with E-state index in [9.17, 15) is 19.5 Å². The Bertz CT molecular complexity index is 1340. The van der Waals surface area contributed by atoms with Gasteiger partial charge in [0.1, 0.15) is 0 Å². The molecular weight excluding hydrogens is 586 g/mol. The molecule has 7 heteroatoms. The first-order valence-electron chi connectivity index (χ1n) is 18.2. The van der Waals surface area contributed by atoms with Crippen LogP contribution >= 0.6 is 0 Å². The van der Waals surface area contributed by atoms with Crippen LogP contribution in [0, 0.1) is 11.8 Å². The van der Waals surface area contributed by atoms with Crippen LogP contribution < -0.4 is 10.6 Å². The van der Waals surface area contributed by atoms with Crippen molar-refractivity contribution in [1.29, 1.82) is 0 Å². The molecule has 3 N–H and O–H groups in total. The number of likely N-dealkylation sites (tertiary alicyclic amines) is 1. The molecule has 2 aromatic carbocycles. The summed E-state index contributed by atoms with van der Waals surface area (Å²) >= 11 is 0. The second kappa shape index (κ2) is 15.5. The number of nitrogens with zero attached hydrogens (tertiary/aromatic N) is 1. The number of Topliss-reactive ketones (excluding diaryl/α,β-unsaturated/α-hetero) is 1. The molecule has 0 spiro atoms. The van der Waals surface area contributed by atoms with E-state index in [4.69, 9.17) is 0 Å². The number of hydrogen-bond donors (Lipinski definition) is 3. The molecule has 2 aromatic rings. The third-order valence-corrected chi connectivity index (χ3v) is 11.4. The Kier molecular flexibility index (Phi) is 11.6. The van der Waals surface area contributed by atoms with Crippen molar-refractivity contribution >= 4 is 17.6 Å². The fraction of sp³-hybridized carbons (Fsp3) is 0.625. The number of amides is 2. The zero-order valence-electron chi connectivity index (χ0n) is 29.0. The number of aliphatic hydroxyl groups excluding tert-OH is 1. The van der Waals surface area contributed by atoms with Crippen LogP contribution in [0.25, 0.3) is 0 Å². The van der Waals surface area contributed by atoms with Gasteiger partial charge in [0.2, 0.25) is 5.91 Å². The lowest BCUT2D eigenvalue weighted by Gasteiger charge is -2.58. The van der Waals surface area contributed by atoms with Gasteiger partial charge < -0.3 is 20.6 Å². The Labute approximate surface area is 282 Å². The highest BCUT2D eigenvalue weighted by atomic mass is 16.3. The van der Waals surface area contributed by atoms with Crippen LogP contribution in [0.15, 0.2) is 60.7 Å². The van der Waals surface area contributed by atoms with E-state index >= 15 is 0 Å². The molecule has 3 fully saturated rings. The molecule has 1 aliphatic heterocycles. The van der Waals surface area contributed by atoms with E-state index in [0.717, 1.165) is 69.8 Å². The van der Waals surface area contributed by atoms with Crippen molar-refractivity contribution in [3.8, 4) is 0 Å². The van der Waals surface area contributed by atoms with Crippen LogP contribution in [-0.2, 0) is 9.59 Å². The normalized spacial score (nSPS) is 25.6. The molecule has 2 saturated carbocycles. The lowest BCUT2D eigenvalue weighted by molar-refractivity contribution is -0.181. The van der Waals surface area contributed by atoms with Gasteiger partial charge in [-0.25, -0.2) is 0 Å². The highest BCUT2D eigenvalue weighted by Crippen LogP contribution is 2.44. The highest BCUT2D eigenvalue weighted by molar-refractivity contribution is 5.95. The molecule has 4 unspecified atom stereocenters. The number of nitrogens with one attached hydrogen (secondary N) is 2. The summed E-state index contributed by atoms with van der Waals surface area (Å²) in [6.45, 7) is 7.97. The summed E-state index contributed by atoms with van der Waals surface area (Å²) in [6.07, 6.45) is 12.1. The number of ketones is 1. The SMILES string of the molecule is CC(C)(NC1CCCCCC[C@@H]1C(O)C(C)(C)N1C(=O)[C@H]2CCCCCCC21)C(=O)CC(NC(=O)c1ccccc1)c1ccccc1. The maximum Gasteiger partial charge on any atom is 0.251 e. The van der Waals surface area contributed by atoms with Crippen molar-refractivity contribution in [3.05, 3.63) is 71.8 Å². The average molecular weight is 644 g/mol. The molecule has 5 rings (SSSR count). The Morgan fingerprint density at radius 1 is 0.809 bits per heavy atom. The Morgan fingerprint density at radius 2 is 1.38 bits per heavy atom. The summed E-state index contributed by atoms with van der Waals surface area (Å²) < 4.78 is 0. The largest absolute Gasteiger partial charge is 0.390 e. The number of carbonyl (C=O) groups is 3. The average Bonchev–Trinajstić information content (AvgIpc) is 3.03. The van der Waals surface area contributed by atoms with Crippen LogP contribution in [0.3, 0.4) is 0 Å². The van der Waals surface area contributed by atoms with Gasteiger partial charge in [0, 0.05) is 30.0 Å². The third kappa shape index (κ3) is 8.17. The molecule has 0 aromatic heterocycles. The van der Waals surface area contributed by atoms with E-state index in [1.54, 1.807) is 12.1 Å². The summed E-state index contributed by atoms with van der Waals surface area (Å²) in [4.78, 5) is 42.9. The van der Waals surface area contributed by atoms with Crippen molar-refractivity contribution in [2.75, 3.05) is 0 Å². The first-order chi connectivity index (χ1) is 22.5. The lowest BCUT2D eigenvalue weighted by Crippen LogP contribution is -2.72. The standard InChI is InChI=1S/C40H57N3O4/c1-39(2,35(44)27-33(28-19-11-9-12-20-28)41-37(46)29-21-13-10-14-22-29)42-32-25-17-7-5-15-23-30(32)36(45)40(3,4)43-34-26-18-8-6-16-24-31(34)38(43)47/h9-14,19-22,30-34,36,42,45H,5-8,15-18,23-27H2,1-4H3,(H,41,46)/t30-,31-,32?,33?,34?,36?/m0/s1. The minimum Gasteiger partial charge on any atom is -0.390 e. The molecule has 7 nitrogen and oxygen atoms in total. The number of β-lactam (4-membered cyclic amide) rings is 1. The molecule has 6 atom stereocenters. The topological polar surface area (TPSA) is 98.7 Å². The van der Waals surface area contributed by atoms with Crippen LogP contribution in [0.5, 0.6) is 0 Å². The number of aliphatic hydroxyl groups is 1. The Morgan fingerprint density at radius 3 is 2.04 bits per heavy atom. The molecule has 3 aliphatic rings. The lowest BCUT2D eigenvalue weighted by atomic mass is 9.70. The number of hydrogen-bond acceptors (Lipinski definition) is 5. The van der Waals surface area contributed by atoms with Gasteiger partial charge in [-0.1, -0.05) is 99.9 Å². The number of rotatable bonds is 11. The fourth-order valence-electron chi connectivity index (χ4n) is 8.52. The van der Waals surface area contributed by atoms with Gasteiger partial charge >= 0.3 is 0 Å². The second-order valence-electron chi connectivity index (χ2n) is 15.4. The van der Waals surface area contributed by atoms with E-state index < -0.39 is 23.2 Å². The molecule has 1 saturated heterocycles. The van der Waals surface area contributed by atoms with E-state index in [0.29, 0.717) is 5.56 Å². The van der Waals surface area contributed by atoms with E-state index in [1.165, 1.54) is 12.8 Å². The molecule has 1 heterocycles. The van der Waals surface area contributed by atoms with Crippen molar-refractivity contribution in [3.63, 3.8) is 0 Å². The van der Waals surface area contributed by atoms with Crippen molar-refractivity contribution in [2.45, 2.75) is 146 Å². The van der Waals surface area contributed by atoms with Crippen molar-refractivity contribution < 1.29 is 19.5 Å². The number of carbonyl (C=O) groups excluding carboxylic acids is 3. The third-order valence-electron chi connectivity index (χ3n) is 11.4.